The third-order valence-electron chi connectivity index (χ3n) is 5.32. The molecular formula is C24H21N5O2S. The molecule has 5 rings (SSSR count). The first kappa shape index (κ1) is 20.3. The molecule has 0 unspecified atom stereocenters. The van der Waals surface area contributed by atoms with Crippen molar-refractivity contribution in [2.75, 3.05) is 11.1 Å². The smallest absolute Gasteiger partial charge is 0.262 e. The maximum Gasteiger partial charge on any atom is 0.262 e. The van der Waals surface area contributed by atoms with Gasteiger partial charge in [0.15, 0.2) is 5.16 Å². The SMILES string of the molecule is CCCn1c(=O)c2ccccc2n2c(SCC(=O)Nc3cccc4ccccc34)nnc12. The highest BCUT2D eigenvalue weighted by atomic mass is 32.2. The molecule has 5 aromatic rings. The fourth-order valence-electron chi connectivity index (χ4n) is 3.90. The normalized spacial score (nSPS) is 11.4. The van der Waals surface area contributed by atoms with Crippen molar-refractivity contribution in [3.05, 3.63) is 77.1 Å². The highest BCUT2D eigenvalue weighted by Crippen LogP contribution is 2.25. The third-order valence-corrected chi connectivity index (χ3v) is 6.25. The summed E-state index contributed by atoms with van der Waals surface area (Å²) in [4.78, 5) is 25.7. The van der Waals surface area contributed by atoms with Gasteiger partial charge in [-0.25, -0.2) is 0 Å². The van der Waals surface area contributed by atoms with Gasteiger partial charge in [0.1, 0.15) is 0 Å². The molecule has 32 heavy (non-hydrogen) atoms. The van der Waals surface area contributed by atoms with Crippen LogP contribution in [0.15, 0.2) is 76.7 Å². The molecular weight excluding hydrogens is 422 g/mol. The second-order valence-corrected chi connectivity index (χ2v) is 8.40. The molecule has 0 bridgehead atoms. The lowest BCUT2D eigenvalue weighted by atomic mass is 10.1. The van der Waals surface area contributed by atoms with E-state index in [-0.39, 0.29) is 17.2 Å². The molecule has 3 aromatic carbocycles. The number of thioether (sulfide) groups is 1. The fourth-order valence-corrected chi connectivity index (χ4v) is 4.64. The average molecular weight is 444 g/mol. The van der Waals surface area contributed by atoms with Crippen LogP contribution >= 0.6 is 11.8 Å². The second kappa shape index (κ2) is 8.47. The van der Waals surface area contributed by atoms with Crippen LogP contribution < -0.4 is 10.9 Å². The van der Waals surface area contributed by atoms with Crippen LogP contribution in [-0.4, -0.2) is 30.8 Å². The number of carbonyl (C=O) groups excluding carboxylic acids is 1. The number of nitrogens with one attached hydrogen (secondary N) is 1. The van der Waals surface area contributed by atoms with Crippen LogP contribution in [0, 0.1) is 0 Å². The first-order valence-electron chi connectivity index (χ1n) is 10.4. The Labute approximate surface area is 188 Å². The molecule has 8 heteroatoms. The summed E-state index contributed by atoms with van der Waals surface area (Å²) in [6.45, 7) is 2.57. The molecule has 0 saturated heterocycles. The minimum Gasteiger partial charge on any atom is -0.325 e. The molecule has 0 aliphatic rings. The molecule has 0 atom stereocenters. The molecule has 0 fully saturated rings. The van der Waals surface area contributed by atoms with Gasteiger partial charge in [-0.15, -0.1) is 10.2 Å². The van der Waals surface area contributed by atoms with Crippen molar-refractivity contribution in [1.29, 1.82) is 0 Å². The Kier molecular flexibility index (Phi) is 5.36. The van der Waals surface area contributed by atoms with Gasteiger partial charge in [0.25, 0.3) is 5.56 Å². The summed E-state index contributed by atoms with van der Waals surface area (Å²) in [6.07, 6.45) is 0.802. The largest absolute Gasteiger partial charge is 0.325 e. The standard InChI is InChI=1S/C24H21N5O2S/c1-2-14-28-22(31)18-11-5-6-13-20(18)29-23(28)26-27-24(29)32-15-21(30)25-19-12-7-9-16-8-3-4-10-17(16)19/h3-13H,2,14-15H2,1H3,(H,25,30). The lowest BCUT2D eigenvalue weighted by Crippen LogP contribution is -2.23. The van der Waals surface area contributed by atoms with E-state index in [2.05, 4.69) is 15.5 Å². The molecule has 0 aliphatic carbocycles. The Hall–Kier alpha value is -3.65. The Morgan fingerprint density at radius 1 is 0.969 bits per heavy atom. The molecule has 0 saturated carbocycles. The summed E-state index contributed by atoms with van der Waals surface area (Å²) in [5, 5.41) is 14.8. The topological polar surface area (TPSA) is 81.3 Å². The van der Waals surface area contributed by atoms with E-state index in [1.54, 1.807) is 4.57 Å². The summed E-state index contributed by atoms with van der Waals surface area (Å²) in [5.41, 5.74) is 1.44. The van der Waals surface area contributed by atoms with Crippen LogP contribution in [0.25, 0.3) is 27.5 Å². The van der Waals surface area contributed by atoms with Crippen LogP contribution in [0.5, 0.6) is 0 Å². The Balaban J connectivity index is 1.46. The predicted molar refractivity (Wildman–Crippen MR) is 128 cm³/mol. The number of rotatable bonds is 6. The van der Waals surface area contributed by atoms with Crippen molar-refractivity contribution in [2.45, 2.75) is 25.0 Å². The van der Waals surface area contributed by atoms with Gasteiger partial charge in [-0.3, -0.25) is 18.6 Å². The summed E-state index contributed by atoms with van der Waals surface area (Å²) >= 11 is 1.30. The summed E-state index contributed by atoms with van der Waals surface area (Å²) in [6, 6.07) is 21.2. The number of hydrogen-bond donors (Lipinski definition) is 1. The molecule has 1 N–H and O–H groups in total. The van der Waals surface area contributed by atoms with E-state index in [1.807, 2.05) is 78.1 Å². The molecule has 160 valence electrons. The van der Waals surface area contributed by atoms with E-state index >= 15 is 0 Å². The van der Waals surface area contributed by atoms with Gasteiger partial charge in [-0.2, -0.15) is 0 Å². The molecule has 1 amide bonds. The van der Waals surface area contributed by atoms with Gasteiger partial charge in [0.05, 0.1) is 16.7 Å². The van der Waals surface area contributed by atoms with Crippen molar-refractivity contribution in [1.82, 2.24) is 19.2 Å². The van der Waals surface area contributed by atoms with Crippen molar-refractivity contribution in [3.63, 3.8) is 0 Å². The van der Waals surface area contributed by atoms with Gasteiger partial charge in [-0.1, -0.05) is 67.2 Å². The lowest BCUT2D eigenvalue weighted by Gasteiger charge is -2.11. The van der Waals surface area contributed by atoms with E-state index in [1.165, 1.54) is 11.8 Å². The Morgan fingerprint density at radius 3 is 2.56 bits per heavy atom. The number of nitrogens with zero attached hydrogens (tertiary/aromatic N) is 4. The second-order valence-electron chi connectivity index (χ2n) is 7.46. The van der Waals surface area contributed by atoms with Crippen molar-refractivity contribution < 1.29 is 4.79 Å². The van der Waals surface area contributed by atoms with Crippen LogP contribution in [0.2, 0.25) is 0 Å². The van der Waals surface area contributed by atoms with Gasteiger partial charge >= 0.3 is 0 Å². The molecule has 2 aromatic heterocycles. The van der Waals surface area contributed by atoms with Crippen LogP contribution in [0.3, 0.4) is 0 Å². The maximum absolute atomic E-state index is 12.9. The number of amides is 1. The van der Waals surface area contributed by atoms with Gasteiger partial charge in [0, 0.05) is 17.6 Å². The monoisotopic (exact) mass is 443 g/mol. The van der Waals surface area contributed by atoms with E-state index in [9.17, 15) is 9.59 Å². The van der Waals surface area contributed by atoms with Crippen LogP contribution in [0.4, 0.5) is 5.69 Å². The Morgan fingerprint density at radius 2 is 1.72 bits per heavy atom. The van der Waals surface area contributed by atoms with Crippen molar-refractivity contribution in [3.8, 4) is 0 Å². The lowest BCUT2D eigenvalue weighted by molar-refractivity contribution is -0.113. The number of para-hydroxylation sites is 1. The average Bonchev–Trinajstić information content (AvgIpc) is 3.25. The number of carbonyl (C=O) groups is 1. The molecule has 2 heterocycles. The van der Waals surface area contributed by atoms with Crippen molar-refractivity contribution >= 4 is 50.8 Å². The zero-order valence-electron chi connectivity index (χ0n) is 17.5. The third kappa shape index (κ3) is 3.52. The Bertz CT molecular complexity index is 1520. The zero-order valence-corrected chi connectivity index (χ0v) is 18.3. The van der Waals surface area contributed by atoms with Gasteiger partial charge in [-0.05, 0) is 30.0 Å². The summed E-state index contributed by atoms with van der Waals surface area (Å²) in [7, 11) is 0. The van der Waals surface area contributed by atoms with Crippen LogP contribution in [0.1, 0.15) is 13.3 Å². The number of hydrogen-bond acceptors (Lipinski definition) is 5. The number of benzene rings is 3. The molecule has 0 spiro atoms. The van der Waals surface area contributed by atoms with Gasteiger partial charge < -0.3 is 5.32 Å². The molecule has 0 aliphatic heterocycles. The van der Waals surface area contributed by atoms with E-state index < -0.39 is 0 Å². The van der Waals surface area contributed by atoms with E-state index in [0.717, 1.165) is 28.4 Å². The highest BCUT2D eigenvalue weighted by molar-refractivity contribution is 7.99. The maximum atomic E-state index is 12.9. The fraction of sp³-hybridized carbons (Fsp3) is 0.167. The highest BCUT2D eigenvalue weighted by Gasteiger charge is 2.17. The summed E-state index contributed by atoms with van der Waals surface area (Å²) < 4.78 is 3.51. The zero-order chi connectivity index (χ0) is 22.1. The quantitative estimate of drug-likeness (QED) is 0.395. The number of aromatic nitrogens is 4. The minimum absolute atomic E-state index is 0.0763. The van der Waals surface area contributed by atoms with E-state index in [4.69, 9.17) is 0 Å². The summed E-state index contributed by atoms with van der Waals surface area (Å²) in [5.74, 6) is 0.535. The predicted octanol–water partition coefficient (Wildman–Crippen LogP) is 4.34. The first-order valence-corrected chi connectivity index (χ1v) is 11.4. The van der Waals surface area contributed by atoms with E-state index in [0.29, 0.717) is 22.9 Å². The number of anilines is 1. The van der Waals surface area contributed by atoms with Crippen molar-refractivity contribution in [2.24, 2.45) is 0 Å². The van der Waals surface area contributed by atoms with Gasteiger partial charge in [0.2, 0.25) is 11.7 Å². The first-order chi connectivity index (χ1) is 15.7. The molecule has 7 nitrogen and oxygen atoms in total. The number of fused-ring (bicyclic) bond motifs is 4. The van der Waals surface area contributed by atoms with Crippen LogP contribution in [-0.2, 0) is 11.3 Å². The minimum atomic E-state index is -0.130. The number of aryl methyl sites for hydroxylation is 1. The molecule has 0 radical (unpaired) electrons.